The van der Waals surface area contributed by atoms with Gasteiger partial charge in [0.15, 0.2) is 0 Å². The summed E-state index contributed by atoms with van der Waals surface area (Å²) in [7, 11) is -3.85. The van der Waals surface area contributed by atoms with Crippen LogP contribution in [-0.4, -0.2) is 14.3 Å². The van der Waals surface area contributed by atoms with Gasteiger partial charge in [-0.15, -0.1) is 0 Å². The predicted molar refractivity (Wildman–Crippen MR) is 106 cm³/mol. The third kappa shape index (κ3) is 4.68. The van der Waals surface area contributed by atoms with E-state index in [0.29, 0.717) is 5.56 Å². The second-order valence-electron chi connectivity index (χ2n) is 5.88. The number of nitrogens with one attached hydrogen (secondary N) is 2. The van der Waals surface area contributed by atoms with Crippen molar-refractivity contribution in [3.63, 3.8) is 0 Å². The first kappa shape index (κ1) is 19.9. The molecular weight excluding hydrogens is 403 g/mol. The van der Waals surface area contributed by atoms with E-state index >= 15 is 0 Å². The van der Waals surface area contributed by atoms with Gasteiger partial charge in [-0.05, 0) is 42.5 Å². The fourth-order valence-corrected chi connectivity index (χ4v) is 3.77. The highest BCUT2D eigenvalue weighted by molar-refractivity contribution is 7.92. The molecule has 3 aromatic carbocycles. The summed E-state index contributed by atoms with van der Waals surface area (Å²) < 4.78 is 40.9. The standard InChI is InChI=1S/C20H16ClFN2O3S/c21-17-6-2-4-8-19(17)24-28(26,27)16-11-9-14(10-12-16)20(25)23-13-15-5-1-3-7-18(15)22/h1-12,24H,13H2,(H,23,25). The van der Waals surface area contributed by atoms with Gasteiger partial charge in [0.25, 0.3) is 15.9 Å². The second-order valence-corrected chi connectivity index (χ2v) is 7.97. The van der Waals surface area contributed by atoms with Crippen LogP contribution >= 0.6 is 11.6 Å². The van der Waals surface area contributed by atoms with Gasteiger partial charge in [-0.2, -0.15) is 0 Å². The minimum Gasteiger partial charge on any atom is -0.348 e. The van der Waals surface area contributed by atoms with Crippen LogP contribution < -0.4 is 10.0 Å². The van der Waals surface area contributed by atoms with Crippen molar-refractivity contribution in [1.82, 2.24) is 5.32 Å². The molecule has 0 aliphatic rings. The Labute approximate surface area is 167 Å². The molecule has 0 aromatic heterocycles. The fraction of sp³-hybridized carbons (Fsp3) is 0.0500. The highest BCUT2D eigenvalue weighted by Crippen LogP contribution is 2.24. The summed E-state index contributed by atoms with van der Waals surface area (Å²) in [5.74, 6) is -0.846. The van der Waals surface area contributed by atoms with Gasteiger partial charge in [0.1, 0.15) is 5.82 Å². The van der Waals surface area contributed by atoms with Gasteiger partial charge in [0, 0.05) is 17.7 Å². The molecule has 0 bridgehead atoms. The van der Waals surface area contributed by atoms with E-state index in [9.17, 15) is 17.6 Å². The summed E-state index contributed by atoms with van der Waals surface area (Å²) in [4.78, 5) is 12.2. The summed E-state index contributed by atoms with van der Waals surface area (Å²) in [5, 5.41) is 2.87. The number of carbonyl (C=O) groups is 1. The number of hydrogen-bond acceptors (Lipinski definition) is 3. The molecule has 0 saturated carbocycles. The zero-order valence-electron chi connectivity index (χ0n) is 14.5. The molecule has 0 radical (unpaired) electrons. The highest BCUT2D eigenvalue weighted by atomic mass is 35.5. The molecule has 2 N–H and O–H groups in total. The lowest BCUT2D eigenvalue weighted by Gasteiger charge is -2.10. The normalized spacial score (nSPS) is 11.1. The molecule has 5 nitrogen and oxygen atoms in total. The Bertz CT molecular complexity index is 1100. The molecular formula is C20H16ClFN2O3S. The number of halogens is 2. The zero-order chi connectivity index (χ0) is 20.1. The van der Waals surface area contributed by atoms with Gasteiger partial charge in [0.05, 0.1) is 15.6 Å². The Hall–Kier alpha value is -2.90. The van der Waals surface area contributed by atoms with E-state index in [1.165, 1.54) is 30.3 Å². The molecule has 144 valence electrons. The number of rotatable bonds is 6. The van der Waals surface area contributed by atoms with Crippen LogP contribution in [0, 0.1) is 5.82 Å². The van der Waals surface area contributed by atoms with Crippen LogP contribution in [-0.2, 0) is 16.6 Å². The first-order valence-corrected chi connectivity index (χ1v) is 10.1. The predicted octanol–water partition coefficient (Wildman–Crippen LogP) is 4.21. The number of amides is 1. The molecule has 1 amide bonds. The van der Waals surface area contributed by atoms with Gasteiger partial charge < -0.3 is 5.32 Å². The van der Waals surface area contributed by atoms with E-state index in [1.807, 2.05) is 0 Å². The Morgan fingerprint density at radius 2 is 1.57 bits per heavy atom. The summed E-state index contributed by atoms with van der Waals surface area (Å²) in [6, 6.07) is 18.0. The Balaban J connectivity index is 1.69. The van der Waals surface area contributed by atoms with Crippen LogP contribution in [0.4, 0.5) is 10.1 Å². The third-order valence-electron chi connectivity index (χ3n) is 3.94. The van der Waals surface area contributed by atoms with E-state index in [2.05, 4.69) is 10.0 Å². The van der Waals surface area contributed by atoms with Crippen molar-refractivity contribution in [2.75, 3.05) is 4.72 Å². The van der Waals surface area contributed by atoms with E-state index in [4.69, 9.17) is 11.6 Å². The maximum absolute atomic E-state index is 13.6. The Kier molecular flexibility index (Phi) is 5.96. The molecule has 8 heteroatoms. The van der Waals surface area contributed by atoms with E-state index < -0.39 is 21.7 Å². The van der Waals surface area contributed by atoms with Gasteiger partial charge in [-0.3, -0.25) is 9.52 Å². The minimum absolute atomic E-state index is 0.0157. The molecule has 0 heterocycles. The lowest BCUT2D eigenvalue weighted by molar-refractivity contribution is 0.0950. The lowest BCUT2D eigenvalue weighted by atomic mass is 10.2. The fourth-order valence-electron chi connectivity index (χ4n) is 2.45. The first-order valence-electron chi connectivity index (χ1n) is 8.26. The maximum atomic E-state index is 13.6. The lowest BCUT2D eigenvalue weighted by Crippen LogP contribution is -2.23. The summed E-state index contributed by atoms with van der Waals surface area (Å²) in [5.41, 5.74) is 0.878. The van der Waals surface area contributed by atoms with Crippen LogP contribution in [0.25, 0.3) is 0 Å². The second kappa shape index (κ2) is 8.41. The molecule has 3 aromatic rings. The number of benzene rings is 3. The largest absolute Gasteiger partial charge is 0.348 e. The molecule has 0 fully saturated rings. The molecule has 0 unspecified atom stereocenters. The quantitative estimate of drug-likeness (QED) is 0.629. The van der Waals surface area contributed by atoms with Crippen molar-refractivity contribution in [2.24, 2.45) is 0 Å². The molecule has 28 heavy (non-hydrogen) atoms. The maximum Gasteiger partial charge on any atom is 0.261 e. The number of para-hydroxylation sites is 1. The van der Waals surface area contributed by atoms with Crippen molar-refractivity contribution in [1.29, 1.82) is 0 Å². The summed E-state index contributed by atoms with van der Waals surface area (Å²) in [6.07, 6.45) is 0. The monoisotopic (exact) mass is 418 g/mol. The van der Waals surface area contributed by atoms with Gasteiger partial charge in [-0.25, -0.2) is 12.8 Å². The number of hydrogen-bond donors (Lipinski definition) is 2. The molecule has 0 atom stereocenters. The van der Waals surface area contributed by atoms with Gasteiger partial charge in [0.2, 0.25) is 0 Å². The highest BCUT2D eigenvalue weighted by Gasteiger charge is 2.16. The minimum atomic E-state index is -3.85. The Morgan fingerprint density at radius 1 is 0.929 bits per heavy atom. The average molecular weight is 419 g/mol. The van der Waals surface area contributed by atoms with Crippen LogP contribution in [0.1, 0.15) is 15.9 Å². The molecule has 0 spiro atoms. The molecule has 0 aliphatic carbocycles. The van der Waals surface area contributed by atoms with Gasteiger partial charge in [-0.1, -0.05) is 41.9 Å². The first-order chi connectivity index (χ1) is 13.4. The van der Waals surface area contributed by atoms with Crippen LogP contribution in [0.2, 0.25) is 5.02 Å². The van der Waals surface area contributed by atoms with Crippen molar-refractivity contribution in [2.45, 2.75) is 11.4 Å². The Morgan fingerprint density at radius 3 is 2.25 bits per heavy atom. The summed E-state index contributed by atoms with van der Waals surface area (Å²) >= 11 is 5.97. The van der Waals surface area contributed by atoms with Crippen LogP contribution in [0.5, 0.6) is 0 Å². The summed E-state index contributed by atoms with van der Waals surface area (Å²) in [6.45, 7) is 0.0274. The van der Waals surface area contributed by atoms with E-state index in [1.54, 1.807) is 42.5 Å². The molecule has 0 saturated heterocycles. The van der Waals surface area contributed by atoms with E-state index in [-0.39, 0.29) is 27.7 Å². The number of sulfonamides is 1. The molecule has 0 aliphatic heterocycles. The number of anilines is 1. The van der Waals surface area contributed by atoms with Gasteiger partial charge >= 0.3 is 0 Å². The topological polar surface area (TPSA) is 75.3 Å². The smallest absolute Gasteiger partial charge is 0.261 e. The van der Waals surface area contributed by atoms with Crippen molar-refractivity contribution in [3.8, 4) is 0 Å². The molecule has 3 rings (SSSR count). The third-order valence-corrected chi connectivity index (χ3v) is 5.65. The number of carbonyl (C=O) groups excluding carboxylic acids is 1. The van der Waals surface area contributed by atoms with Crippen molar-refractivity contribution < 1.29 is 17.6 Å². The van der Waals surface area contributed by atoms with Crippen LogP contribution in [0.15, 0.2) is 77.7 Å². The van der Waals surface area contributed by atoms with Crippen LogP contribution in [0.3, 0.4) is 0 Å². The van der Waals surface area contributed by atoms with Crippen molar-refractivity contribution in [3.05, 3.63) is 94.8 Å². The van der Waals surface area contributed by atoms with Crippen molar-refractivity contribution >= 4 is 33.2 Å². The SMILES string of the molecule is O=C(NCc1ccccc1F)c1ccc(S(=O)(=O)Nc2ccccc2Cl)cc1. The average Bonchev–Trinajstić information content (AvgIpc) is 2.69. The van der Waals surface area contributed by atoms with E-state index in [0.717, 1.165) is 0 Å². The zero-order valence-corrected chi connectivity index (χ0v) is 16.1.